The third-order valence-corrected chi connectivity index (χ3v) is 3.83. The quantitative estimate of drug-likeness (QED) is 0.612. The van der Waals surface area contributed by atoms with Gasteiger partial charge in [0.05, 0.1) is 0 Å². The van der Waals surface area contributed by atoms with E-state index < -0.39 is 18.4 Å². The Morgan fingerprint density at radius 2 is 1.57 bits per heavy atom. The summed E-state index contributed by atoms with van der Waals surface area (Å²) in [5.74, 6) is 3.53. The predicted octanol–water partition coefficient (Wildman–Crippen LogP) is 2.67. The van der Waals surface area contributed by atoms with Crippen LogP contribution < -0.4 is 5.32 Å². The van der Waals surface area contributed by atoms with Gasteiger partial charge in [-0.2, -0.15) is 0 Å². The van der Waals surface area contributed by atoms with Crippen LogP contribution in [-0.4, -0.2) is 33.6 Å². The second-order valence-electron chi connectivity index (χ2n) is 5.86. The minimum absolute atomic E-state index is 0.251. The summed E-state index contributed by atoms with van der Waals surface area (Å²) in [6, 6.07) is 19.1. The highest BCUT2D eigenvalue weighted by Crippen LogP contribution is 2.19. The molecule has 0 fully saturated rings. The molecule has 0 spiro atoms. The molecule has 3 N–H and O–H groups in total. The normalized spacial score (nSPS) is 9.86. The molecule has 0 saturated heterocycles. The number of pyridine rings is 1. The third-order valence-electron chi connectivity index (χ3n) is 3.83. The summed E-state index contributed by atoms with van der Waals surface area (Å²) in [5.41, 5.74) is 3.18. The zero-order valence-corrected chi connectivity index (χ0v) is 14.7. The predicted molar refractivity (Wildman–Crippen MR) is 104 cm³/mol. The Morgan fingerprint density at radius 3 is 2.21 bits per heavy atom. The molecule has 1 aromatic heterocycles. The van der Waals surface area contributed by atoms with Gasteiger partial charge in [-0.1, -0.05) is 54.3 Å². The van der Waals surface area contributed by atoms with Gasteiger partial charge in [0, 0.05) is 17.3 Å². The van der Waals surface area contributed by atoms with Crippen LogP contribution in [0.25, 0.3) is 11.1 Å². The van der Waals surface area contributed by atoms with Crippen molar-refractivity contribution in [1.82, 2.24) is 10.3 Å². The van der Waals surface area contributed by atoms with Crippen molar-refractivity contribution < 1.29 is 19.8 Å². The van der Waals surface area contributed by atoms with Gasteiger partial charge in [-0.15, -0.1) is 0 Å². The van der Waals surface area contributed by atoms with E-state index in [0.29, 0.717) is 5.56 Å². The maximum atomic E-state index is 11.8. The van der Waals surface area contributed by atoms with Crippen molar-refractivity contribution in [2.24, 2.45) is 0 Å². The first-order valence-corrected chi connectivity index (χ1v) is 8.39. The number of nitrogens with zero attached hydrogens (tertiary/aromatic N) is 1. The lowest BCUT2D eigenvalue weighted by atomic mass is 10.0. The largest absolute Gasteiger partial charge is 0.505 e. The molecular formula is C22H16N2O4. The molecular weight excluding hydrogens is 356 g/mol. The van der Waals surface area contributed by atoms with Crippen LogP contribution in [0.2, 0.25) is 0 Å². The number of carboxylic acids is 1. The molecule has 3 aromatic rings. The van der Waals surface area contributed by atoms with Gasteiger partial charge in [0.25, 0.3) is 5.91 Å². The highest BCUT2D eigenvalue weighted by Gasteiger charge is 2.13. The molecule has 0 aliphatic heterocycles. The average Bonchev–Trinajstić information content (AvgIpc) is 2.71. The summed E-state index contributed by atoms with van der Waals surface area (Å²) in [7, 11) is 0. The Morgan fingerprint density at radius 1 is 0.929 bits per heavy atom. The van der Waals surface area contributed by atoms with Crippen LogP contribution >= 0.6 is 0 Å². The molecule has 0 unspecified atom stereocenters. The number of carbonyl (C=O) groups is 2. The summed E-state index contributed by atoms with van der Waals surface area (Å²) >= 11 is 0. The molecule has 0 atom stereocenters. The molecule has 0 radical (unpaired) electrons. The second kappa shape index (κ2) is 8.52. The Labute approximate surface area is 161 Å². The van der Waals surface area contributed by atoms with Crippen molar-refractivity contribution in [2.45, 2.75) is 0 Å². The van der Waals surface area contributed by atoms with Crippen molar-refractivity contribution >= 4 is 11.9 Å². The summed E-state index contributed by atoms with van der Waals surface area (Å²) in [4.78, 5) is 26.1. The molecule has 0 aliphatic carbocycles. The van der Waals surface area contributed by atoms with Crippen molar-refractivity contribution in [3.63, 3.8) is 0 Å². The first-order valence-electron chi connectivity index (χ1n) is 8.39. The zero-order valence-electron chi connectivity index (χ0n) is 14.7. The number of aromatic nitrogens is 1. The van der Waals surface area contributed by atoms with Crippen LogP contribution in [0.4, 0.5) is 0 Å². The Bertz CT molecular complexity index is 1070. The highest BCUT2D eigenvalue weighted by atomic mass is 16.4. The third kappa shape index (κ3) is 4.74. The van der Waals surface area contributed by atoms with Crippen LogP contribution in [0.1, 0.15) is 21.6 Å². The number of aromatic hydroxyl groups is 1. The van der Waals surface area contributed by atoms with Gasteiger partial charge in [-0.25, -0.2) is 4.98 Å². The number of amides is 1. The molecule has 28 heavy (non-hydrogen) atoms. The van der Waals surface area contributed by atoms with E-state index in [1.807, 2.05) is 54.6 Å². The monoisotopic (exact) mass is 372 g/mol. The van der Waals surface area contributed by atoms with E-state index in [4.69, 9.17) is 5.11 Å². The number of hydrogen-bond donors (Lipinski definition) is 3. The number of hydrogen-bond acceptors (Lipinski definition) is 4. The van der Waals surface area contributed by atoms with E-state index >= 15 is 0 Å². The van der Waals surface area contributed by atoms with E-state index in [2.05, 4.69) is 22.1 Å². The van der Waals surface area contributed by atoms with Gasteiger partial charge in [0.1, 0.15) is 12.3 Å². The van der Waals surface area contributed by atoms with Crippen LogP contribution in [0, 0.1) is 11.8 Å². The van der Waals surface area contributed by atoms with E-state index in [1.54, 1.807) is 0 Å². The topological polar surface area (TPSA) is 99.5 Å². The summed E-state index contributed by atoms with van der Waals surface area (Å²) < 4.78 is 0. The molecule has 0 saturated carbocycles. The molecule has 2 aromatic carbocycles. The molecule has 0 aliphatic rings. The number of nitrogens with one attached hydrogen (secondary N) is 1. The maximum absolute atomic E-state index is 11.8. The van der Waals surface area contributed by atoms with Crippen molar-refractivity contribution in [3.8, 4) is 28.7 Å². The lowest BCUT2D eigenvalue weighted by Gasteiger charge is -2.04. The van der Waals surface area contributed by atoms with Gasteiger partial charge in [0.15, 0.2) is 5.69 Å². The number of carbonyl (C=O) groups excluding carboxylic acids is 1. The maximum Gasteiger partial charge on any atom is 0.322 e. The SMILES string of the molecule is O=C(O)CNC(=O)c1ncc(C#Cc2ccc(-c3ccccc3)cc2)cc1O. The minimum atomic E-state index is -1.19. The van der Waals surface area contributed by atoms with Crippen LogP contribution in [-0.2, 0) is 4.79 Å². The number of benzene rings is 2. The molecule has 1 amide bonds. The van der Waals surface area contributed by atoms with E-state index in [9.17, 15) is 14.7 Å². The molecule has 1 heterocycles. The fourth-order valence-electron chi connectivity index (χ4n) is 2.46. The van der Waals surface area contributed by atoms with E-state index in [0.717, 1.165) is 16.7 Å². The van der Waals surface area contributed by atoms with Gasteiger partial charge in [-0.3, -0.25) is 9.59 Å². The molecule has 6 nitrogen and oxygen atoms in total. The van der Waals surface area contributed by atoms with E-state index in [1.165, 1.54) is 12.3 Å². The van der Waals surface area contributed by atoms with Crippen molar-refractivity contribution in [3.05, 3.63) is 83.7 Å². The number of carboxylic acid groups (broad SMARTS) is 1. The molecule has 3 rings (SSSR count). The number of aliphatic carboxylic acids is 1. The van der Waals surface area contributed by atoms with Gasteiger partial charge < -0.3 is 15.5 Å². The first kappa shape index (κ1) is 18.7. The van der Waals surface area contributed by atoms with Gasteiger partial charge in [-0.05, 0) is 29.3 Å². The molecule has 0 bridgehead atoms. The molecule has 138 valence electrons. The van der Waals surface area contributed by atoms with Crippen LogP contribution in [0.3, 0.4) is 0 Å². The summed E-state index contributed by atoms with van der Waals surface area (Å²) in [6.07, 6.45) is 1.35. The zero-order chi connectivity index (χ0) is 19.9. The Hall–Kier alpha value is -4.11. The summed E-state index contributed by atoms with van der Waals surface area (Å²) in [6.45, 7) is -0.555. The highest BCUT2D eigenvalue weighted by molar-refractivity contribution is 5.96. The second-order valence-corrected chi connectivity index (χ2v) is 5.86. The fraction of sp³-hybridized carbons (Fsp3) is 0.0455. The Balaban J connectivity index is 1.73. The first-order chi connectivity index (χ1) is 13.5. The lowest BCUT2D eigenvalue weighted by Crippen LogP contribution is -2.29. The van der Waals surface area contributed by atoms with Crippen LogP contribution in [0.5, 0.6) is 5.75 Å². The lowest BCUT2D eigenvalue weighted by molar-refractivity contribution is -0.135. The van der Waals surface area contributed by atoms with E-state index in [-0.39, 0.29) is 11.4 Å². The van der Waals surface area contributed by atoms with Crippen molar-refractivity contribution in [1.29, 1.82) is 0 Å². The standard InChI is InChI=1S/C22H16N2O4/c25-19-12-16(13-23-21(19)22(28)24-14-20(26)27)7-6-15-8-10-18(11-9-15)17-4-2-1-3-5-17/h1-5,8-13,25H,14H2,(H,24,28)(H,26,27). The van der Waals surface area contributed by atoms with Crippen LogP contribution in [0.15, 0.2) is 66.9 Å². The smallest absolute Gasteiger partial charge is 0.322 e. The Kier molecular flexibility index (Phi) is 5.68. The van der Waals surface area contributed by atoms with Crippen molar-refractivity contribution in [2.75, 3.05) is 6.54 Å². The fourth-order valence-corrected chi connectivity index (χ4v) is 2.46. The molecule has 6 heteroatoms. The number of rotatable bonds is 4. The summed E-state index contributed by atoms with van der Waals surface area (Å²) in [5, 5.41) is 20.7. The average molecular weight is 372 g/mol. The minimum Gasteiger partial charge on any atom is -0.505 e. The van der Waals surface area contributed by atoms with Gasteiger partial charge >= 0.3 is 5.97 Å². The van der Waals surface area contributed by atoms with Gasteiger partial charge in [0.2, 0.25) is 0 Å².